The number of oxime groups is 2. The van der Waals surface area contributed by atoms with Crippen molar-refractivity contribution in [3.05, 3.63) is 71.8 Å². The summed E-state index contributed by atoms with van der Waals surface area (Å²) in [7, 11) is 0. The van der Waals surface area contributed by atoms with Crippen LogP contribution in [0.3, 0.4) is 0 Å². The number of hydrogen-bond acceptors (Lipinski definition) is 6. The molecular formula is C24H31F3N4O4. The summed E-state index contributed by atoms with van der Waals surface area (Å²) < 4.78 is 35.4. The van der Waals surface area contributed by atoms with Crippen molar-refractivity contribution < 1.29 is 32.4 Å². The van der Waals surface area contributed by atoms with Crippen LogP contribution in [0.4, 0.5) is 13.2 Å². The van der Waals surface area contributed by atoms with E-state index in [1.165, 1.54) is 12.1 Å². The van der Waals surface area contributed by atoms with Crippen LogP contribution >= 0.6 is 0 Å². The molecule has 0 bridgehead atoms. The van der Waals surface area contributed by atoms with Gasteiger partial charge in [0.1, 0.15) is 6.61 Å². The lowest BCUT2D eigenvalue weighted by atomic mass is 10.1. The van der Waals surface area contributed by atoms with Crippen molar-refractivity contribution in [3.63, 3.8) is 0 Å². The second kappa shape index (κ2) is 16.7. The van der Waals surface area contributed by atoms with Crippen molar-refractivity contribution >= 4 is 23.2 Å². The van der Waals surface area contributed by atoms with E-state index >= 15 is 0 Å². The molecule has 0 heterocycles. The van der Waals surface area contributed by atoms with E-state index in [9.17, 15) is 22.8 Å². The van der Waals surface area contributed by atoms with Crippen LogP contribution in [0.1, 0.15) is 38.8 Å². The average Bonchev–Trinajstić information content (AvgIpc) is 2.81. The zero-order chi connectivity index (χ0) is 26.9. The Balaban J connectivity index is 0.000000618. The van der Waals surface area contributed by atoms with Crippen molar-refractivity contribution in [2.45, 2.75) is 33.9 Å². The Morgan fingerprint density at radius 3 is 1.49 bits per heavy atom. The van der Waals surface area contributed by atoms with Gasteiger partial charge in [0.15, 0.2) is 11.4 Å². The SMILES string of the molecule is CC.CC(C)CO/N=C(/C(N)=O)c1ccccc1.NC(=O)/C(=N/OCC(F)(F)F)c1ccccc1. The quantitative estimate of drug-likeness (QED) is 0.401. The molecule has 2 aromatic carbocycles. The largest absolute Gasteiger partial charge is 0.425 e. The fraction of sp³-hybridized carbons (Fsp3) is 0.333. The maximum Gasteiger partial charge on any atom is 0.425 e. The second-order valence-corrected chi connectivity index (χ2v) is 6.92. The molecule has 35 heavy (non-hydrogen) atoms. The molecule has 0 aromatic heterocycles. The monoisotopic (exact) mass is 496 g/mol. The molecule has 0 aliphatic rings. The highest BCUT2D eigenvalue weighted by molar-refractivity contribution is 6.45. The van der Waals surface area contributed by atoms with Crippen LogP contribution in [0.2, 0.25) is 0 Å². The lowest BCUT2D eigenvalue weighted by molar-refractivity contribution is -0.173. The molecule has 0 fully saturated rings. The fourth-order valence-corrected chi connectivity index (χ4v) is 2.09. The minimum Gasteiger partial charge on any atom is -0.395 e. The van der Waals surface area contributed by atoms with Crippen LogP contribution in [-0.4, -0.2) is 42.6 Å². The van der Waals surface area contributed by atoms with E-state index in [4.69, 9.17) is 16.3 Å². The first-order valence-corrected chi connectivity index (χ1v) is 10.7. The van der Waals surface area contributed by atoms with Crippen molar-refractivity contribution in [2.75, 3.05) is 13.2 Å². The Kier molecular flexibility index (Phi) is 14.8. The molecule has 0 atom stereocenters. The van der Waals surface area contributed by atoms with Crippen LogP contribution in [0.25, 0.3) is 0 Å². The van der Waals surface area contributed by atoms with Crippen LogP contribution in [-0.2, 0) is 19.3 Å². The highest BCUT2D eigenvalue weighted by Gasteiger charge is 2.29. The summed E-state index contributed by atoms with van der Waals surface area (Å²) in [5, 5.41) is 6.88. The summed E-state index contributed by atoms with van der Waals surface area (Å²) in [5.41, 5.74) is 11.0. The van der Waals surface area contributed by atoms with E-state index in [-0.39, 0.29) is 11.4 Å². The average molecular weight is 497 g/mol. The molecule has 0 saturated heterocycles. The number of nitrogens with zero attached hydrogens (tertiary/aromatic N) is 2. The molecule has 11 heteroatoms. The molecule has 0 aliphatic carbocycles. The molecule has 0 spiro atoms. The van der Waals surface area contributed by atoms with E-state index in [1.54, 1.807) is 30.3 Å². The third kappa shape index (κ3) is 14.1. The van der Waals surface area contributed by atoms with Gasteiger partial charge in [0.2, 0.25) is 6.61 Å². The number of rotatable bonds is 9. The molecule has 192 valence electrons. The lowest BCUT2D eigenvalue weighted by Crippen LogP contribution is -2.25. The van der Waals surface area contributed by atoms with E-state index in [0.717, 1.165) is 0 Å². The van der Waals surface area contributed by atoms with Crippen LogP contribution in [0.15, 0.2) is 71.0 Å². The van der Waals surface area contributed by atoms with Crippen molar-refractivity contribution in [2.24, 2.45) is 27.7 Å². The van der Waals surface area contributed by atoms with Gasteiger partial charge < -0.3 is 21.1 Å². The van der Waals surface area contributed by atoms with Gasteiger partial charge in [-0.1, -0.05) is 98.7 Å². The van der Waals surface area contributed by atoms with Crippen molar-refractivity contribution in [3.8, 4) is 0 Å². The standard InChI is InChI=1S/C12H16N2O2.C10H9F3N2O2.C2H6/c1-9(2)8-16-14-11(12(13)15)10-6-4-3-5-7-10;11-10(12,13)6-17-15-8(9(14)16)7-4-2-1-3-5-7;1-2/h3-7,9H,8H2,1-2H3,(H2,13,15);1-5H,6H2,(H2,14,16);1-2H3/b14-11+;15-8+;. The summed E-state index contributed by atoms with van der Waals surface area (Å²) in [6, 6.07) is 16.9. The van der Waals surface area contributed by atoms with Crippen molar-refractivity contribution in [1.82, 2.24) is 0 Å². The van der Waals surface area contributed by atoms with Gasteiger partial charge in [-0.05, 0) is 5.92 Å². The Bertz CT molecular complexity index is 948. The second-order valence-electron chi connectivity index (χ2n) is 6.92. The van der Waals surface area contributed by atoms with Gasteiger partial charge in [-0.15, -0.1) is 0 Å². The Morgan fingerprint density at radius 1 is 0.800 bits per heavy atom. The third-order valence-corrected chi connectivity index (χ3v) is 3.51. The Labute approximate surface area is 202 Å². The summed E-state index contributed by atoms with van der Waals surface area (Å²) in [5.74, 6) is -1.19. The van der Waals surface area contributed by atoms with E-state index < -0.39 is 24.6 Å². The molecule has 2 rings (SSSR count). The van der Waals surface area contributed by atoms with E-state index in [0.29, 0.717) is 23.7 Å². The molecule has 0 unspecified atom stereocenters. The van der Waals surface area contributed by atoms with Gasteiger partial charge in [0.25, 0.3) is 11.8 Å². The number of nitrogens with two attached hydrogens (primary N) is 2. The number of carbonyl (C=O) groups excluding carboxylic acids is 2. The van der Waals surface area contributed by atoms with Crippen LogP contribution in [0, 0.1) is 5.92 Å². The first-order valence-electron chi connectivity index (χ1n) is 10.7. The fourth-order valence-electron chi connectivity index (χ4n) is 2.09. The number of halogens is 3. The predicted molar refractivity (Wildman–Crippen MR) is 128 cm³/mol. The maximum absolute atomic E-state index is 11.8. The molecule has 0 radical (unpaired) electrons. The van der Waals surface area contributed by atoms with Gasteiger partial charge in [-0.2, -0.15) is 13.2 Å². The lowest BCUT2D eigenvalue weighted by Gasteiger charge is -2.05. The Hall–Kier alpha value is -3.89. The van der Waals surface area contributed by atoms with Gasteiger partial charge in [0, 0.05) is 11.1 Å². The van der Waals surface area contributed by atoms with Crippen molar-refractivity contribution in [1.29, 1.82) is 0 Å². The van der Waals surface area contributed by atoms with Crippen LogP contribution < -0.4 is 11.5 Å². The molecule has 0 aliphatic heterocycles. The molecular weight excluding hydrogens is 465 g/mol. The number of primary amides is 2. The maximum atomic E-state index is 11.8. The third-order valence-electron chi connectivity index (χ3n) is 3.51. The van der Waals surface area contributed by atoms with E-state index in [1.807, 2.05) is 45.9 Å². The first-order chi connectivity index (χ1) is 16.5. The van der Waals surface area contributed by atoms with E-state index in [2.05, 4.69) is 15.1 Å². The number of carbonyl (C=O) groups is 2. The smallest absolute Gasteiger partial charge is 0.395 e. The zero-order valence-corrected chi connectivity index (χ0v) is 20.1. The highest BCUT2D eigenvalue weighted by Crippen LogP contribution is 2.14. The molecule has 0 saturated carbocycles. The first kappa shape index (κ1) is 31.1. The number of alkyl halides is 3. The summed E-state index contributed by atoms with van der Waals surface area (Å²) in [4.78, 5) is 31.3. The number of benzene rings is 2. The minimum atomic E-state index is -4.51. The van der Waals surface area contributed by atoms with Gasteiger partial charge in [0.05, 0.1) is 0 Å². The van der Waals surface area contributed by atoms with Gasteiger partial charge >= 0.3 is 6.18 Å². The van der Waals surface area contributed by atoms with Gasteiger partial charge in [-0.3, -0.25) is 9.59 Å². The highest BCUT2D eigenvalue weighted by atomic mass is 19.4. The predicted octanol–water partition coefficient (Wildman–Crippen LogP) is 4.03. The summed E-state index contributed by atoms with van der Waals surface area (Å²) in [6.45, 7) is 6.89. The normalized spacial score (nSPS) is 11.4. The molecule has 2 aromatic rings. The summed E-state index contributed by atoms with van der Waals surface area (Å²) in [6.07, 6.45) is -4.51. The number of hydrogen-bond donors (Lipinski definition) is 2. The number of amides is 2. The van der Waals surface area contributed by atoms with Crippen LogP contribution in [0.5, 0.6) is 0 Å². The minimum absolute atomic E-state index is 0.154. The zero-order valence-electron chi connectivity index (χ0n) is 20.1. The van der Waals surface area contributed by atoms with Gasteiger partial charge in [-0.25, -0.2) is 0 Å². The Morgan fingerprint density at radius 2 is 1.17 bits per heavy atom. The molecule has 4 N–H and O–H groups in total. The topological polar surface area (TPSA) is 129 Å². The molecule has 8 nitrogen and oxygen atoms in total. The summed E-state index contributed by atoms with van der Waals surface area (Å²) >= 11 is 0. The molecule has 2 amide bonds.